The number of nitrogens with one attached hydrogen (secondary N) is 1. The van der Waals surface area contributed by atoms with Crippen LogP contribution in [0.5, 0.6) is 0 Å². The topological polar surface area (TPSA) is 121 Å². The van der Waals surface area contributed by atoms with Gasteiger partial charge in [0.2, 0.25) is 0 Å². The number of ether oxygens (including phenoxy) is 1. The summed E-state index contributed by atoms with van der Waals surface area (Å²) >= 11 is 0. The van der Waals surface area contributed by atoms with Gasteiger partial charge in [0.05, 0.1) is 28.8 Å². The molecule has 0 bridgehead atoms. The van der Waals surface area contributed by atoms with Gasteiger partial charge in [-0.2, -0.15) is 15.5 Å². The average Bonchev–Trinajstić information content (AvgIpc) is 3.63. The monoisotopic (exact) mass is 610 g/mol. The van der Waals surface area contributed by atoms with Gasteiger partial charge in [-0.1, -0.05) is 13.8 Å². The maximum atomic E-state index is 13.4. The van der Waals surface area contributed by atoms with Crippen molar-refractivity contribution in [1.29, 1.82) is 5.26 Å². The molecule has 1 aromatic carbocycles. The quantitative estimate of drug-likeness (QED) is 0.296. The third kappa shape index (κ3) is 6.52. The summed E-state index contributed by atoms with van der Waals surface area (Å²) in [4.78, 5) is 30.2. The Bertz CT molecular complexity index is 1760. The molecule has 1 saturated heterocycles. The number of hydrogen-bond acceptors (Lipinski definition) is 7. The van der Waals surface area contributed by atoms with Gasteiger partial charge in [0, 0.05) is 49.5 Å². The maximum absolute atomic E-state index is 13.4. The van der Waals surface area contributed by atoms with E-state index >= 15 is 0 Å². The zero-order valence-electron chi connectivity index (χ0n) is 26.8. The third-order valence-corrected chi connectivity index (χ3v) is 8.95. The number of aromatic nitrogens is 4. The van der Waals surface area contributed by atoms with E-state index in [0.29, 0.717) is 41.9 Å². The fourth-order valence-electron chi connectivity index (χ4n) is 6.58. The molecule has 45 heavy (non-hydrogen) atoms. The predicted molar refractivity (Wildman–Crippen MR) is 172 cm³/mol. The zero-order chi connectivity index (χ0) is 31.9. The van der Waals surface area contributed by atoms with E-state index in [1.807, 2.05) is 31.7 Å². The lowest BCUT2D eigenvalue weighted by Crippen LogP contribution is -2.53. The summed E-state index contributed by atoms with van der Waals surface area (Å²) in [6.07, 6.45) is 7.65. The molecule has 11 nitrogen and oxygen atoms in total. The van der Waals surface area contributed by atoms with Crippen molar-refractivity contribution in [3.8, 4) is 6.07 Å². The van der Waals surface area contributed by atoms with E-state index in [1.165, 1.54) is 6.20 Å². The summed E-state index contributed by atoms with van der Waals surface area (Å²) in [5.41, 5.74) is 3.78. The van der Waals surface area contributed by atoms with Crippen LogP contribution in [0.1, 0.15) is 93.9 Å². The molecule has 6 rings (SSSR count). The van der Waals surface area contributed by atoms with Crippen LogP contribution in [0.15, 0.2) is 42.7 Å². The Morgan fingerprint density at radius 3 is 2.40 bits per heavy atom. The second kappa shape index (κ2) is 12.2. The van der Waals surface area contributed by atoms with Crippen molar-refractivity contribution >= 4 is 34.1 Å². The van der Waals surface area contributed by atoms with Crippen LogP contribution in [0.2, 0.25) is 0 Å². The van der Waals surface area contributed by atoms with E-state index in [1.54, 1.807) is 22.7 Å². The molecule has 1 N–H and O–H groups in total. The second-order valence-electron chi connectivity index (χ2n) is 13.6. The number of amides is 2. The highest BCUT2D eigenvalue weighted by molar-refractivity contribution is 6.05. The number of rotatable bonds is 5. The maximum Gasteiger partial charge on any atom is 0.410 e. The molecule has 2 aliphatic rings. The number of fused-ring (bicyclic) bond motifs is 2. The molecule has 2 fully saturated rings. The van der Waals surface area contributed by atoms with Crippen molar-refractivity contribution in [1.82, 2.24) is 29.2 Å². The van der Waals surface area contributed by atoms with E-state index < -0.39 is 5.60 Å². The summed E-state index contributed by atoms with van der Waals surface area (Å²) < 4.78 is 9.23. The summed E-state index contributed by atoms with van der Waals surface area (Å²) in [5.74, 6) is -0.0763. The first-order valence-electron chi connectivity index (χ1n) is 15.9. The Balaban J connectivity index is 1.11. The van der Waals surface area contributed by atoms with E-state index in [-0.39, 0.29) is 17.9 Å². The SMILES string of the molecule is CC(C)c1cc2nn(C3CCC(N4CCN(C(=O)OC(C)(C)C)CC4)CC3)cc2cc1NC(=O)c1ccc2cc(C#N)cnn12. The van der Waals surface area contributed by atoms with Gasteiger partial charge < -0.3 is 15.0 Å². The van der Waals surface area contributed by atoms with Gasteiger partial charge in [-0.25, -0.2) is 9.31 Å². The highest BCUT2D eigenvalue weighted by atomic mass is 16.6. The zero-order valence-corrected chi connectivity index (χ0v) is 26.8. The minimum Gasteiger partial charge on any atom is -0.444 e. The van der Waals surface area contributed by atoms with Gasteiger partial charge in [0.15, 0.2) is 0 Å². The number of carbonyl (C=O) groups is 2. The van der Waals surface area contributed by atoms with Gasteiger partial charge in [0.1, 0.15) is 17.4 Å². The lowest BCUT2D eigenvalue weighted by molar-refractivity contribution is 0.00721. The number of hydrogen-bond donors (Lipinski definition) is 1. The Labute approximate surface area is 263 Å². The number of nitriles is 1. The Morgan fingerprint density at radius 1 is 1.02 bits per heavy atom. The number of anilines is 1. The fraction of sp³-hybridized carbons (Fsp3) is 0.500. The molecular formula is C34H42N8O3. The van der Waals surface area contributed by atoms with E-state index in [0.717, 1.165) is 60.9 Å². The number of nitrogens with zero attached hydrogens (tertiary/aromatic N) is 7. The molecule has 1 aliphatic heterocycles. The van der Waals surface area contributed by atoms with E-state index in [9.17, 15) is 14.9 Å². The van der Waals surface area contributed by atoms with Crippen LogP contribution in [0.25, 0.3) is 16.4 Å². The van der Waals surface area contributed by atoms with Crippen LogP contribution in [0, 0.1) is 11.3 Å². The van der Waals surface area contributed by atoms with Crippen LogP contribution >= 0.6 is 0 Å². The molecule has 4 aromatic rings. The van der Waals surface area contributed by atoms with Gasteiger partial charge in [0.25, 0.3) is 5.91 Å². The Kier molecular flexibility index (Phi) is 8.27. The van der Waals surface area contributed by atoms with Gasteiger partial charge in [-0.05, 0) is 88.3 Å². The summed E-state index contributed by atoms with van der Waals surface area (Å²) in [6.45, 7) is 13.1. The minimum absolute atomic E-state index is 0.182. The number of carbonyl (C=O) groups excluding carboxylic acids is 2. The van der Waals surface area contributed by atoms with Crippen LogP contribution < -0.4 is 5.32 Å². The van der Waals surface area contributed by atoms with Gasteiger partial charge >= 0.3 is 6.09 Å². The van der Waals surface area contributed by atoms with Crippen molar-refractivity contribution in [2.75, 3.05) is 31.5 Å². The van der Waals surface area contributed by atoms with E-state index in [4.69, 9.17) is 9.84 Å². The van der Waals surface area contributed by atoms with Crippen LogP contribution in [0.3, 0.4) is 0 Å². The van der Waals surface area contributed by atoms with Crippen molar-refractivity contribution in [2.45, 2.75) is 83.9 Å². The van der Waals surface area contributed by atoms with Crippen molar-refractivity contribution in [3.63, 3.8) is 0 Å². The summed E-state index contributed by atoms with van der Waals surface area (Å²) in [6, 6.07) is 12.3. The number of piperazine rings is 1. The van der Waals surface area contributed by atoms with Crippen molar-refractivity contribution in [3.05, 3.63) is 59.5 Å². The van der Waals surface area contributed by atoms with Crippen molar-refractivity contribution in [2.24, 2.45) is 0 Å². The largest absolute Gasteiger partial charge is 0.444 e. The molecule has 1 aliphatic carbocycles. The molecule has 3 aromatic heterocycles. The molecule has 2 amide bonds. The lowest BCUT2D eigenvalue weighted by Gasteiger charge is -2.42. The number of benzene rings is 1. The molecule has 0 spiro atoms. The standard InChI is InChI=1S/C34H42N8O3/c1-22(2)28-18-29-24(17-30(28)37-32(43)31-11-10-27-16-23(19-35)20-36-42(27)31)21-41(38-29)26-8-6-25(7-9-26)39-12-14-40(15-13-39)33(44)45-34(3,4)5/h10-11,16-18,20-22,25-26H,6-9,12-15H2,1-5H3,(H,37,43). The first kappa shape index (κ1) is 30.6. The predicted octanol–water partition coefficient (Wildman–Crippen LogP) is 5.97. The molecular weight excluding hydrogens is 568 g/mol. The Morgan fingerprint density at radius 2 is 1.73 bits per heavy atom. The highest BCUT2D eigenvalue weighted by Gasteiger charge is 2.32. The fourth-order valence-corrected chi connectivity index (χ4v) is 6.58. The molecule has 0 radical (unpaired) electrons. The first-order valence-corrected chi connectivity index (χ1v) is 15.9. The molecule has 4 heterocycles. The minimum atomic E-state index is -0.476. The normalized spacial score (nSPS) is 19.6. The average molecular weight is 611 g/mol. The highest BCUT2D eigenvalue weighted by Crippen LogP contribution is 2.34. The lowest BCUT2D eigenvalue weighted by atomic mass is 9.90. The van der Waals surface area contributed by atoms with Gasteiger partial charge in [-0.15, -0.1) is 0 Å². The van der Waals surface area contributed by atoms with Crippen LogP contribution in [-0.2, 0) is 4.74 Å². The Hall–Kier alpha value is -4.43. The summed E-state index contributed by atoms with van der Waals surface area (Å²) in [5, 5.41) is 22.6. The molecule has 0 atom stereocenters. The van der Waals surface area contributed by atoms with Crippen molar-refractivity contribution < 1.29 is 14.3 Å². The molecule has 236 valence electrons. The molecule has 0 unspecified atom stereocenters. The third-order valence-electron chi connectivity index (χ3n) is 8.95. The smallest absolute Gasteiger partial charge is 0.410 e. The summed E-state index contributed by atoms with van der Waals surface area (Å²) in [7, 11) is 0. The van der Waals surface area contributed by atoms with Crippen LogP contribution in [-0.4, -0.2) is 79.0 Å². The first-order chi connectivity index (χ1) is 21.5. The van der Waals surface area contributed by atoms with E-state index in [2.05, 4.69) is 52.2 Å². The van der Waals surface area contributed by atoms with Crippen LogP contribution in [0.4, 0.5) is 10.5 Å². The molecule has 1 saturated carbocycles. The molecule has 11 heteroatoms. The van der Waals surface area contributed by atoms with Gasteiger partial charge in [-0.3, -0.25) is 14.4 Å². The second-order valence-corrected chi connectivity index (χ2v) is 13.6.